The minimum absolute atomic E-state index is 0.0753. The number of hydrogen-bond acceptors (Lipinski definition) is 5. The van der Waals surface area contributed by atoms with Gasteiger partial charge in [0.05, 0.1) is 17.7 Å². The molecule has 42 heavy (non-hydrogen) atoms. The van der Waals surface area contributed by atoms with Crippen LogP contribution in [0, 0.1) is 20.8 Å². The molecule has 3 rings (SSSR count). The number of carbonyl (C=O) groups excluding carboxylic acids is 2. The maximum Gasteiger partial charge on any atom is 0.264 e. The first kappa shape index (κ1) is 32.7. The van der Waals surface area contributed by atoms with E-state index < -0.39 is 28.5 Å². The molecule has 3 aromatic carbocycles. The van der Waals surface area contributed by atoms with Crippen molar-refractivity contribution in [3.63, 3.8) is 0 Å². The Hall–Kier alpha value is -3.85. The van der Waals surface area contributed by atoms with Crippen molar-refractivity contribution in [2.75, 3.05) is 18.0 Å². The fourth-order valence-corrected chi connectivity index (χ4v) is 6.16. The number of amides is 2. The number of rotatable bonds is 13. The van der Waals surface area contributed by atoms with Gasteiger partial charge in [0.1, 0.15) is 18.3 Å². The summed E-state index contributed by atoms with van der Waals surface area (Å²) in [6.07, 6.45) is 1.09. The number of methoxy groups -OCH3 is 1. The maximum atomic E-state index is 14.3. The fraction of sp³-hybridized carbons (Fsp3) is 0.394. The smallest absolute Gasteiger partial charge is 0.264 e. The average Bonchev–Trinajstić information content (AvgIpc) is 2.97. The number of anilines is 1. The summed E-state index contributed by atoms with van der Waals surface area (Å²) in [5.74, 6) is -0.140. The van der Waals surface area contributed by atoms with Gasteiger partial charge < -0.3 is 15.0 Å². The van der Waals surface area contributed by atoms with Crippen molar-refractivity contribution in [3.05, 3.63) is 89.0 Å². The first-order valence-electron chi connectivity index (χ1n) is 14.3. The molecule has 0 saturated carbocycles. The first-order valence-corrected chi connectivity index (χ1v) is 15.7. The number of hydrogen-bond donors (Lipinski definition) is 1. The number of ether oxygens (including phenoxy) is 1. The van der Waals surface area contributed by atoms with Gasteiger partial charge in [0.15, 0.2) is 0 Å². The summed E-state index contributed by atoms with van der Waals surface area (Å²) in [6.45, 7) is 11.0. The third-order valence-electron chi connectivity index (χ3n) is 7.61. The summed E-state index contributed by atoms with van der Waals surface area (Å²) in [7, 11) is -2.57. The van der Waals surface area contributed by atoms with Gasteiger partial charge in [0, 0.05) is 12.6 Å². The Morgan fingerprint density at radius 1 is 0.929 bits per heavy atom. The maximum absolute atomic E-state index is 14.3. The van der Waals surface area contributed by atoms with Gasteiger partial charge in [0.2, 0.25) is 11.8 Å². The molecule has 0 saturated heterocycles. The lowest BCUT2D eigenvalue weighted by molar-refractivity contribution is -0.140. The van der Waals surface area contributed by atoms with Crippen LogP contribution in [0.5, 0.6) is 5.75 Å². The lowest BCUT2D eigenvalue weighted by Crippen LogP contribution is -2.53. The number of carbonyl (C=O) groups is 2. The second kappa shape index (κ2) is 14.4. The molecular formula is C33H43N3O5S. The van der Waals surface area contributed by atoms with E-state index in [0.29, 0.717) is 17.9 Å². The monoisotopic (exact) mass is 593 g/mol. The SMILES string of the molecule is CCC(C)NC(=O)C(CC)N(Cc1cccc(OC)c1)C(=O)CN(c1cccc(C)c1C)S(=O)(=O)c1ccc(C)cc1. The summed E-state index contributed by atoms with van der Waals surface area (Å²) >= 11 is 0. The van der Waals surface area contributed by atoms with Crippen LogP contribution in [-0.4, -0.2) is 50.9 Å². The van der Waals surface area contributed by atoms with Crippen molar-refractivity contribution in [3.8, 4) is 5.75 Å². The second-order valence-corrected chi connectivity index (χ2v) is 12.5. The molecule has 0 spiro atoms. The van der Waals surface area contributed by atoms with Crippen LogP contribution in [0.3, 0.4) is 0 Å². The summed E-state index contributed by atoms with van der Waals surface area (Å²) in [5.41, 5.74) is 3.75. The molecule has 0 aliphatic heterocycles. The van der Waals surface area contributed by atoms with E-state index >= 15 is 0 Å². The fourth-order valence-electron chi connectivity index (χ4n) is 4.68. The molecule has 0 aromatic heterocycles. The molecule has 0 radical (unpaired) electrons. The number of aryl methyl sites for hydroxylation is 2. The molecule has 0 fully saturated rings. The van der Waals surface area contributed by atoms with Crippen molar-refractivity contribution in [1.82, 2.24) is 10.2 Å². The third kappa shape index (κ3) is 7.70. The zero-order chi connectivity index (χ0) is 31.0. The first-order chi connectivity index (χ1) is 19.9. The predicted octanol–water partition coefficient (Wildman–Crippen LogP) is 5.54. The van der Waals surface area contributed by atoms with Crippen LogP contribution >= 0.6 is 0 Å². The molecule has 226 valence electrons. The highest BCUT2D eigenvalue weighted by Gasteiger charge is 2.34. The van der Waals surface area contributed by atoms with Crippen molar-refractivity contribution in [2.45, 2.75) is 77.9 Å². The molecule has 2 atom stereocenters. The Morgan fingerprint density at radius 2 is 1.60 bits per heavy atom. The molecule has 1 N–H and O–H groups in total. The lowest BCUT2D eigenvalue weighted by atomic mass is 10.1. The van der Waals surface area contributed by atoms with Crippen molar-refractivity contribution in [1.29, 1.82) is 0 Å². The van der Waals surface area contributed by atoms with Crippen LogP contribution < -0.4 is 14.4 Å². The molecule has 0 aliphatic rings. The highest BCUT2D eigenvalue weighted by Crippen LogP contribution is 2.29. The van der Waals surface area contributed by atoms with Gasteiger partial charge in [-0.2, -0.15) is 0 Å². The zero-order valence-corrected chi connectivity index (χ0v) is 26.5. The van der Waals surface area contributed by atoms with Crippen LogP contribution in [0.4, 0.5) is 5.69 Å². The summed E-state index contributed by atoms with van der Waals surface area (Å²) in [5, 5.41) is 3.00. The van der Waals surface area contributed by atoms with Crippen LogP contribution in [0.2, 0.25) is 0 Å². The molecule has 0 heterocycles. The Labute approximate surface area is 250 Å². The highest BCUT2D eigenvalue weighted by atomic mass is 32.2. The van der Waals surface area contributed by atoms with E-state index in [-0.39, 0.29) is 23.4 Å². The van der Waals surface area contributed by atoms with Crippen LogP contribution in [0.25, 0.3) is 0 Å². The highest BCUT2D eigenvalue weighted by molar-refractivity contribution is 7.92. The summed E-state index contributed by atoms with van der Waals surface area (Å²) in [6, 6.07) is 18.4. The molecule has 0 bridgehead atoms. The van der Waals surface area contributed by atoms with Crippen molar-refractivity contribution in [2.24, 2.45) is 0 Å². The van der Waals surface area contributed by atoms with E-state index in [2.05, 4.69) is 5.32 Å². The quantitative estimate of drug-likeness (QED) is 0.281. The number of benzene rings is 3. The Kier molecular flexibility index (Phi) is 11.2. The molecule has 0 aliphatic carbocycles. The van der Waals surface area contributed by atoms with Gasteiger partial charge in [-0.25, -0.2) is 8.42 Å². The van der Waals surface area contributed by atoms with E-state index in [1.165, 1.54) is 9.21 Å². The Balaban J connectivity index is 2.11. The van der Waals surface area contributed by atoms with E-state index in [4.69, 9.17) is 4.74 Å². The number of nitrogens with zero attached hydrogens (tertiary/aromatic N) is 2. The van der Waals surface area contributed by atoms with Gasteiger partial charge in [-0.15, -0.1) is 0 Å². The van der Waals surface area contributed by atoms with Gasteiger partial charge in [0.25, 0.3) is 10.0 Å². The molecule has 3 aromatic rings. The van der Waals surface area contributed by atoms with E-state index in [1.54, 1.807) is 49.6 Å². The standard InChI is InChI=1S/C33H43N3O5S/c1-8-25(5)34-33(38)30(9-2)35(21-27-13-11-14-28(20-27)41-7)32(37)22-36(31-15-10-12-24(4)26(31)6)42(39,40)29-18-16-23(3)17-19-29/h10-20,25,30H,8-9,21-22H2,1-7H3,(H,34,38). The third-order valence-corrected chi connectivity index (χ3v) is 9.38. The number of sulfonamides is 1. The van der Waals surface area contributed by atoms with Crippen molar-refractivity contribution >= 4 is 27.5 Å². The summed E-state index contributed by atoms with van der Waals surface area (Å²) < 4.78 is 34.8. The minimum atomic E-state index is -4.13. The largest absolute Gasteiger partial charge is 0.497 e. The van der Waals surface area contributed by atoms with Gasteiger partial charge in [-0.3, -0.25) is 13.9 Å². The minimum Gasteiger partial charge on any atom is -0.497 e. The average molecular weight is 594 g/mol. The van der Waals surface area contributed by atoms with Crippen LogP contribution in [0.1, 0.15) is 55.9 Å². The van der Waals surface area contributed by atoms with Crippen LogP contribution in [-0.2, 0) is 26.2 Å². The van der Waals surface area contributed by atoms with E-state index in [9.17, 15) is 18.0 Å². The molecule has 8 nitrogen and oxygen atoms in total. The van der Waals surface area contributed by atoms with Crippen LogP contribution in [0.15, 0.2) is 71.6 Å². The zero-order valence-electron chi connectivity index (χ0n) is 25.7. The molecule has 2 unspecified atom stereocenters. The van der Waals surface area contributed by atoms with Gasteiger partial charge >= 0.3 is 0 Å². The number of nitrogens with one attached hydrogen (secondary N) is 1. The van der Waals surface area contributed by atoms with Gasteiger partial charge in [-0.05, 0) is 87.6 Å². The topological polar surface area (TPSA) is 96.0 Å². The Bertz CT molecular complexity index is 1490. The predicted molar refractivity (Wildman–Crippen MR) is 167 cm³/mol. The molecule has 9 heteroatoms. The van der Waals surface area contributed by atoms with E-state index in [1.807, 2.05) is 65.8 Å². The van der Waals surface area contributed by atoms with Crippen molar-refractivity contribution < 1.29 is 22.7 Å². The Morgan fingerprint density at radius 3 is 2.21 bits per heavy atom. The normalized spacial score (nSPS) is 12.7. The molecule has 2 amide bonds. The van der Waals surface area contributed by atoms with E-state index in [0.717, 1.165) is 28.7 Å². The molecular weight excluding hydrogens is 550 g/mol. The second-order valence-electron chi connectivity index (χ2n) is 10.7. The lowest BCUT2D eigenvalue weighted by Gasteiger charge is -2.34. The van der Waals surface area contributed by atoms with Gasteiger partial charge in [-0.1, -0.05) is 55.8 Å². The summed E-state index contributed by atoms with van der Waals surface area (Å²) in [4.78, 5) is 29.3.